The first-order valence-corrected chi connectivity index (χ1v) is 1.95. The summed E-state index contributed by atoms with van der Waals surface area (Å²) >= 11 is 0. The molecule has 0 bridgehead atoms. The highest BCUT2D eigenvalue weighted by Gasteiger charge is 2.62. The molecular formula is C3H2F6O. The zero-order chi connectivity index (χ0) is 8.58. The van der Waals surface area contributed by atoms with Crippen molar-refractivity contribution in [3.8, 4) is 0 Å². The van der Waals surface area contributed by atoms with Gasteiger partial charge in [-0.05, 0) is 0 Å². The number of alkyl halides is 6. The molecular weight excluding hydrogens is 166 g/mol. The summed E-state index contributed by atoms with van der Waals surface area (Å²) in [5.74, 6) is -5.67. The van der Waals surface area contributed by atoms with Gasteiger partial charge in [-0.15, -0.1) is 0 Å². The summed E-state index contributed by atoms with van der Waals surface area (Å²) in [7, 11) is 0. The molecule has 0 saturated carbocycles. The fourth-order valence-corrected chi connectivity index (χ4v) is 0.131. The van der Waals surface area contributed by atoms with Crippen molar-refractivity contribution in [2.75, 3.05) is 0 Å². The molecule has 1 N–H and O–H groups in total. The summed E-state index contributed by atoms with van der Waals surface area (Å²) in [4.78, 5) is 0. The predicted octanol–water partition coefficient (Wildman–Crippen LogP) is 1.47. The number of aliphatic hydroxyl groups is 1. The van der Waals surface area contributed by atoms with E-state index in [2.05, 4.69) is 0 Å². The molecule has 0 saturated heterocycles. The number of hydrogen-bond acceptors (Lipinski definition) is 1. The average molecular weight is 168 g/mol. The maximum absolute atomic E-state index is 11.3. The second-order valence-corrected chi connectivity index (χ2v) is 1.46. The first-order valence-electron chi connectivity index (χ1n) is 1.95. The Bertz CT molecular complexity index is 115. The van der Waals surface area contributed by atoms with Crippen LogP contribution in [-0.4, -0.2) is 23.6 Å². The maximum Gasteiger partial charge on any atom is 0.423 e. The van der Waals surface area contributed by atoms with Gasteiger partial charge >= 0.3 is 18.5 Å². The number of hydrogen-bond donors (Lipinski definition) is 1. The minimum atomic E-state index is -5.67. The Balaban J connectivity index is 4.40. The molecule has 0 rings (SSSR count). The Hall–Kier alpha value is -0.460. The van der Waals surface area contributed by atoms with Crippen LogP contribution in [-0.2, 0) is 0 Å². The SMILES string of the molecule is OC(F)(F)C(F)(F)C(F)F. The predicted molar refractivity (Wildman–Crippen MR) is 18.1 cm³/mol. The molecule has 1 nitrogen and oxygen atoms in total. The summed E-state index contributed by atoms with van der Waals surface area (Å²) < 4.78 is 66.6. The van der Waals surface area contributed by atoms with Gasteiger partial charge in [-0.3, -0.25) is 0 Å². The highest BCUT2D eigenvalue weighted by molar-refractivity contribution is 4.77. The van der Waals surface area contributed by atoms with Crippen molar-refractivity contribution in [3.05, 3.63) is 0 Å². The molecule has 0 atom stereocenters. The van der Waals surface area contributed by atoms with Gasteiger partial charge in [0.1, 0.15) is 0 Å². The van der Waals surface area contributed by atoms with E-state index in [1.54, 1.807) is 0 Å². The van der Waals surface area contributed by atoms with Gasteiger partial charge in [0, 0.05) is 0 Å². The first kappa shape index (κ1) is 9.54. The molecule has 0 aromatic carbocycles. The van der Waals surface area contributed by atoms with Crippen molar-refractivity contribution < 1.29 is 31.4 Å². The molecule has 0 aliphatic rings. The molecule has 0 unspecified atom stereocenters. The summed E-state index contributed by atoms with van der Waals surface area (Å²) in [6.07, 6.45) is -10.2. The third-order valence-electron chi connectivity index (χ3n) is 0.675. The van der Waals surface area contributed by atoms with Crippen LogP contribution in [0.2, 0.25) is 0 Å². The van der Waals surface area contributed by atoms with Crippen molar-refractivity contribution in [2.24, 2.45) is 0 Å². The average Bonchev–Trinajstić information content (AvgIpc) is 1.62. The van der Waals surface area contributed by atoms with Gasteiger partial charge in [0.2, 0.25) is 0 Å². The van der Waals surface area contributed by atoms with Crippen molar-refractivity contribution in [1.29, 1.82) is 0 Å². The monoisotopic (exact) mass is 168 g/mol. The van der Waals surface area contributed by atoms with E-state index in [0.717, 1.165) is 0 Å². The van der Waals surface area contributed by atoms with E-state index in [1.807, 2.05) is 0 Å². The van der Waals surface area contributed by atoms with Crippen molar-refractivity contribution in [1.82, 2.24) is 0 Å². The number of rotatable bonds is 2. The van der Waals surface area contributed by atoms with Crippen LogP contribution < -0.4 is 0 Å². The van der Waals surface area contributed by atoms with Gasteiger partial charge in [0.25, 0.3) is 0 Å². The Kier molecular flexibility index (Phi) is 2.19. The quantitative estimate of drug-likeness (QED) is 0.619. The van der Waals surface area contributed by atoms with E-state index in [1.165, 1.54) is 0 Å². The Labute approximate surface area is 51.3 Å². The van der Waals surface area contributed by atoms with Gasteiger partial charge < -0.3 is 5.11 Å². The molecule has 0 aliphatic heterocycles. The van der Waals surface area contributed by atoms with Crippen LogP contribution in [0.1, 0.15) is 0 Å². The first-order chi connectivity index (χ1) is 4.19. The van der Waals surface area contributed by atoms with Crippen LogP contribution in [0.3, 0.4) is 0 Å². The zero-order valence-electron chi connectivity index (χ0n) is 4.29. The molecule has 0 aliphatic carbocycles. The summed E-state index contributed by atoms with van der Waals surface area (Å²) in [5.41, 5.74) is 0. The van der Waals surface area contributed by atoms with Crippen molar-refractivity contribution in [2.45, 2.75) is 18.5 Å². The summed E-state index contributed by atoms with van der Waals surface area (Å²) in [6, 6.07) is 0. The lowest BCUT2D eigenvalue weighted by atomic mass is 10.3. The Morgan fingerprint density at radius 3 is 1.30 bits per heavy atom. The summed E-state index contributed by atoms with van der Waals surface area (Å²) in [6.45, 7) is 0. The standard InChI is InChI=1S/C3H2F6O/c4-1(5)2(6,7)3(8,9)10/h1,10H. The topological polar surface area (TPSA) is 20.2 Å². The molecule has 0 amide bonds. The van der Waals surface area contributed by atoms with Crippen LogP contribution in [0.25, 0.3) is 0 Å². The minimum absolute atomic E-state index is 4.58. The van der Waals surface area contributed by atoms with Crippen LogP contribution in [0.4, 0.5) is 26.3 Å². The van der Waals surface area contributed by atoms with Crippen LogP contribution in [0, 0.1) is 0 Å². The van der Waals surface area contributed by atoms with E-state index in [0.29, 0.717) is 0 Å². The van der Waals surface area contributed by atoms with E-state index < -0.39 is 18.5 Å². The van der Waals surface area contributed by atoms with Crippen LogP contribution in [0.5, 0.6) is 0 Å². The fraction of sp³-hybridized carbons (Fsp3) is 1.00. The largest absolute Gasteiger partial charge is 0.423 e. The number of halogens is 6. The minimum Gasteiger partial charge on any atom is -0.331 e. The molecule has 7 heteroatoms. The Morgan fingerprint density at radius 2 is 1.30 bits per heavy atom. The Morgan fingerprint density at radius 1 is 1.00 bits per heavy atom. The van der Waals surface area contributed by atoms with Gasteiger partial charge in [0.15, 0.2) is 0 Å². The van der Waals surface area contributed by atoms with Gasteiger partial charge in [-0.2, -0.15) is 17.6 Å². The highest BCUT2D eigenvalue weighted by Crippen LogP contribution is 2.36. The molecule has 0 heterocycles. The van der Waals surface area contributed by atoms with Gasteiger partial charge in [-0.1, -0.05) is 0 Å². The van der Waals surface area contributed by atoms with Gasteiger partial charge in [0.05, 0.1) is 0 Å². The zero-order valence-corrected chi connectivity index (χ0v) is 4.29. The van der Waals surface area contributed by atoms with E-state index in [9.17, 15) is 26.3 Å². The van der Waals surface area contributed by atoms with E-state index in [4.69, 9.17) is 5.11 Å². The lowest BCUT2D eigenvalue weighted by Crippen LogP contribution is -2.46. The van der Waals surface area contributed by atoms with Crippen molar-refractivity contribution >= 4 is 0 Å². The molecule has 0 radical (unpaired) electrons. The van der Waals surface area contributed by atoms with Gasteiger partial charge in [-0.25, -0.2) is 8.78 Å². The molecule has 0 aromatic heterocycles. The third-order valence-corrected chi connectivity index (χ3v) is 0.675. The fourth-order valence-electron chi connectivity index (χ4n) is 0.131. The van der Waals surface area contributed by atoms with E-state index >= 15 is 0 Å². The molecule has 0 spiro atoms. The maximum atomic E-state index is 11.3. The highest BCUT2D eigenvalue weighted by atomic mass is 19.3. The molecule has 0 fully saturated rings. The smallest absolute Gasteiger partial charge is 0.331 e. The second-order valence-electron chi connectivity index (χ2n) is 1.46. The van der Waals surface area contributed by atoms with Crippen molar-refractivity contribution in [3.63, 3.8) is 0 Å². The molecule has 0 aromatic rings. The third kappa shape index (κ3) is 1.53. The molecule has 10 heavy (non-hydrogen) atoms. The lowest BCUT2D eigenvalue weighted by molar-refractivity contribution is -0.355. The van der Waals surface area contributed by atoms with E-state index in [-0.39, 0.29) is 0 Å². The summed E-state index contributed by atoms with van der Waals surface area (Å²) in [5, 5.41) is 7.15. The molecule has 62 valence electrons. The van der Waals surface area contributed by atoms with Crippen LogP contribution in [0.15, 0.2) is 0 Å². The normalized spacial score (nSPS) is 14.4. The lowest BCUT2D eigenvalue weighted by Gasteiger charge is -2.19. The van der Waals surface area contributed by atoms with Crippen LogP contribution >= 0.6 is 0 Å². The second kappa shape index (κ2) is 2.30.